The maximum Gasteiger partial charge on any atom is 0.339 e. The van der Waals surface area contributed by atoms with Gasteiger partial charge in [0.05, 0.1) is 4.92 Å². The van der Waals surface area contributed by atoms with Crippen molar-refractivity contribution in [2.24, 2.45) is 0 Å². The lowest BCUT2D eigenvalue weighted by Gasteiger charge is -2.18. The Morgan fingerprint density at radius 2 is 2.17 bits per heavy atom. The number of benzene rings is 1. The van der Waals surface area contributed by atoms with Gasteiger partial charge in [-0.25, -0.2) is 4.79 Å². The average molecular weight is 255 g/mol. The Morgan fingerprint density at radius 1 is 1.56 bits per heavy atom. The highest BCUT2D eigenvalue weighted by molar-refractivity contribution is 5.76. The Hall–Kier alpha value is -2.15. The van der Waals surface area contributed by atoms with E-state index in [-0.39, 0.29) is 11.4 Å². The summed E-state index contributed by atoms with van der Waals surface area (Å²) in [5.41, 5.74) is -1.69. The van der Waals surface area contributed by atoms with Gasteiger partial charge in [0.1, 0.15) is 6.61 Å². The number of nitro groups is 1. The summed E-state index contributed by atoms with van der Waals surface area (Å²) >= 11 is 0. The fourth-order valence-corrected chi connectivity index (χ4v) is 1.17. The van der Waals surface area contributed by atoms with Crippen molar-refractivity contribution in [3.8, 4) is 5.75 Å². The van der Waals surface area contributed by atoms with Crippen molar-refractivity contribution in [2.75, 3.05) is 6.61 Å². The molecule has 18 heavy (non-hydrogen) atoms. The third-order valence-corrected chi connectivity index (χ3v) is 2.28. The van der Waals surface area contributed by atoms with Crippen molar-refractivity contribution in [1.82, 2.24) is 0 Å². The molecule has 2 N–H and O–H groups in total. The van der Waals surface area contributed by atoms with Gasteiger partial charge in [-0.15, -0.1) is 0 Å². The molecule has 0 amide bonds. The van der Waals surface area contributed by atoms with Crippen LogP contribution in [0.1, 0.15) is 12.5 Å². The standard InChI is InChI=1S/C11H13NO6/c1-7-3-4-9(8(5-7)12(16)17)18-6-11(2,15)10(13)14/h3-5,15H,6H2,1-2H3,(H,13,14). The van der Waals surface area contributed by atoms with Crippen LogP contribution < -0.4 is 4.74 Å². The van der Waals surface area contributed by atoms with Crippen molar-refractivity contribution in [2.45, 2.75) is 19.4 Å². The Kier molecular flexibility index (Phi) is 3.87. The van der Waals surface area contributed by atoms with Gasteiger partial charge in [0.15, 0.2) is 11.4 Å². The third-order valence-electron chi connectivity index (χ3n) is 2.28. The first-order valence-electron chi connectivity index (χ1n) is 5.07. The van der Waals surface area contributed by atoms with Crippen LogP contribution in [0.2, 0.25) is 0 Å². The zero-order chi connectivity index (χ0) is 13.9. The van der Waals surface area contributed by atoms with Crippen LogP contribution >= 0.6 is 0 Å². The highest BCUT2D eigenvalue weighted by Gasteiger charge is 2.32. The van der Waals surface area contributed by atoms with Crippen LogP contribution in [-0.2, 0) is 4.79 Å². The fourth-order valence-electron chi connectivity index (χ4n) is 1.17. The van der Waals surface area contributed by atoms with E-state index in [0.29, 0.717) is 5.56 Å². The predicted molar refractivity (Wildman–Crippen MR) is 61.6 cm³/mol. The number of ether oxygens (including phenoxy) is 1. The number of hydrogen-bond acceptors (Lipinski definition) is 5. The van der Waals surface area contributed by atoms with E-state index in [2.05, 4.69) is 0 Å². The topological polar surface area (TPSA) is 110 Å². The number of aliphatic hydroxyl groups is 1. The molecule has 0 spiro atoms. The molecule has 1 unspecified atom stereocenters. The highest BCUT2D eigenvalue weighted by atomic mass is 16.6. The minimum Gasteiger partial charge on any atom is -0.483 e. The molecular formula is C11H13NO6. The second kappa shape index (κ2) is 5.01. The molecule has 1 rings (SSSR count). The number of rotatable bonds is 5. The van der Waals surface area contributed by atoms with E-state index in [0.717, 1.165) is 6.92 Å². The smallest absolute Gasteiger partial charge is 0.339 e. The van der Waals surface area contributed by atoms with Crippen molar-refractivity contribution in [1.29, 1.82) is 0 Å². The number of hydrogen-bond donors (Lipinski definition) is 2. The van der Waals surface area contributed by atoms with Crippen LogP contribution in [0.5, 0.6) is 5.75 Å². The SMILES string of the molecule is Cc1ccc(OCC(C)(O)C(=O)O)c([N+](=O)[O-])c1. The predicted octanol–water partition coefficient (Wildman–Crippen LogP) is 1.12. The van der Waals surface area contributed by atoms with Gasteiger partial charge in [-0.05, 0) is 25.5 Å². The molecule has 1 aromatic rings. The van der Waals surface area contributed by atoms with E-state index in [1.54, 1.807) is 13.0 Å². The first-order chi connectivity index (χ1) is 8.24. The summed E-state index contributed by atoms with van der Waals surface area (Å²) in [5, 5.41) is 28.9. The van der Waals surface area contributed by atoms with E-state index in [1.165, 1.54) is 12.1 Å². The van der Waals surface area contributed by atoms with Gasteiger partial charge in [0.2, 0.25) is 0 Å². The van der Waals surface area contributed by atoms with E-state index in [4.69, 9.17) is 9.84 Å². The molecule has 1 aromatic carbocycles. The molecule has 0 radical (unpaired) electrons. The number of carboxylic acids is 1. The molecule has 0 aromatic heterocycles. The van der Waals surface area contributed by atoms with Crippen LogP contribution in [0.4, 0.5) is 5.69 Å². The molecule has 0 fully saturated rings. The second-order valence-electron chi connectivity index (χ2n) is 4.10. The summed E-state index contributed by atoms with van der Waals surface area (Å²) < 4.78 is 5.01. The largest absolute Gasteiger partial charge is 0.483 e. The summed E-state index contributed by atoms with van der Waals surface area (Å²) in [7, 11) is 0. The second-order valence-corrected chi connectivity index (χ2v) is 4.10. The monoisotopic (exact) mass is 255 g/mol. The molecular weight excluding hydrogens is 242 g/mol. The molecule has 0 bridgehead atoms. The summed E-state index contributed by atoms with van der Waals surface area (Å²) in [6.07, 6.45) is 0. The summed E-state index contributed by atoms with van der Waals surface area (Å²) in [6, 6.07) is 4.27. The van der Waals surface area contributed by atoms with E-state index in [9.17, 15) is 20.0 Å². The maximum atomic E-state index is 10.8. The van der Waals surface area contributed by atoms with Gasteiger partial charge < -0.3 is 14.9 Å². The minimum absolute atomic E-state index is 0.0767. The van der Waals surface area contributed by atoms with Gasteiger partial charge in [0, 0.05) is 6.07 Å². The van der Waals surface area contributed by atoms with Crippen LogP contribution in [0.25, 0.3) is 0 Å². The molecule has 0 saturated carbocycles. The zero-order valence-electron chi connectivity index (χ0n) is 9.91. The lowest BCUT2D eigenvalue weighted by Crippen LogP contribution is -2.41. The molecule has 0 saturated heterocycles. The first-order valence-corrected chi connectivity index (χ1v) is 5.07. The molecule has 0 heterocycles. The Balaban J connectivity index is 2.92. The summed E-state index contributed by atoms with van der Waals surface area (Å²) in [5.74, 6) is -1.54. The molecule has 0 aliphatic rings. The van der Waals surface area contributed by atoms with Crippen molar-refractivity contribution in [3.05, 3.63) is 33.9 Å². The quantitative estimate of drug-likeness (QED) is 0.602. The maximum absolute atomic E-state index is 10.8. The average Bonchev–Trinajstić information content (AvgIpc) is 2.27. The molecule has 7 nitrogen and oxygen atoms in total. The van der Waals surface area contributed by atoms with Gasteiger partial charge in [0.25, 0.3) is 0 Å². The van der Waals surface area contributed by atoms with E-state index < -0.39 is 23.1 Å². The number of nitro benzene ring substituents is 1. The van der Waals surface area contributed by atoms with Gasteiger partial charge in [-0.1, -0.05) is 6.07 Å². The van der Waals surface area contributed by atoms with Crippen molar-refractivity contribution >= 4 is 11.7 Å². The zero-order valence-corrected chi connectivity index (χ0v) is 9.91. The first kappa shape index (κ1) is 13.9. The molecule has 0 aliphatic heterocycles. The summed E-state index contributed by atoms with van der Waals surface area (Å²) in [6.45, 7) is 2.16. The van der Waals surface area contributed by atoms with E-state index >= 15 is 0 Å². The Morgan fingerprint density at radius 3 is 2.67 bits per heavy atom. The highest BCUT2D eigenvalue weighted by Crippen LogP contribution is 2.28. The number of nitrogens with zero attached hydrogens (tertiary/aromatic N) is 1. The molecule has 7 heteroatoms. The lowest BCUT2D eigenvalue weighted by atomic mass is 10.1. The van der Waals surface area contributed by atoms with Crippen LogP contribution in [0.3, 0.4) is 0 Å². The fraction of sp³-hybridized carbons (Fsp3) is 0.364. The van der Waals surface area contributed by atoms with Gasteiger partial charge in [-0.3, -0.25) is 10.1 Å². The molecule has 1 atom stereocenters. The van der Waals surface area contributed by atoms with Gasteiger partial charge >= 0.3 is 11.7 Å². The molecule has 0 aliphatic carbocycles. The Bertz CT molecular complexity index is 482. The van der Waals surface area contributed by atoms with Crippen LogP contribution in [-0.4, -0.2) is 33.3 Å². The van der Waals surface area contributed by atoms with Crippen molar-refractivity contribution < 1.29 is 24.7 Å². The van der Waals surface area contributed by atoms with Crippen LogP contribution in [0.15, 0.2) is 18.2 Å². The number of carbonyl (C=O) groups is 1. The summed E-state index contributed by atoms with van der Waals surface area (Å²) in [4.78, 5) is 20.8. The normalized spacial score (nSPS) is 13.7. The Labute approximate surface area is 103 Å². The van der Waals surface area contributed by atoms with Crippen LogP contribution in [0, 0.1) is 17.0 Å². The minimum atomic E-state index is -2.10. The number of aryl methyl sites for hydroxylation is 1. The number of carboxylic acid groups (broad SMARTS) is 1. The molecule has 98 valence electrons. The third kappa shape index (κ3) is 3.17. The van der Waals surface area contributed by atoms with E-state index in [1.807, 2.05) is 0 Å². The lowest BCUT2D eigenvalue weighted by molar-refractivity contribution is -0.386. The van der Waals surface area contributed by atoms with Crippen molar-refractivity contribution in [3.63, 3.8) is 0 Å². The number of aliphatic carboxylic acids is 1. The van der Waals surface area contributed by atoms with Gasteiger partial charge in [-0.2, -0.15) is 0 Å².